The molecule has 0 saturated carbocycles. The van der Waals surface area contributed by atoms with Gasteiger partial charge in [0.1, 0.15) is 11.6 Å². The summed E-state index contributed by atoms with van der Waals surface area (Å²) in [6, 6.07) is 14.5. The van der Waals surface area contributed by atoms with E-state index in [1.165, 1.54) is 24.3 Å². The number of hydrogen-bond donors (Lipinski definition) is 3. The largest absolute Gasteiger partial charge is 0.501 e. The van der Waals surface area contributed by atoms with E-state index in [-0.39, 0.29) is 37.5 Å². The number of aromatic nitrogens is 2. The van der Waals surface area contributed by atoms with E-state index in [2.05, 4.69) is 15.3 Å². The highest BCUT2D eigenvalue weighted by Crippen LogP contribution is 2.32. The average molecular weight is 524 g/mol. The summed E-state index contributed by atoms with van der Waals surface area (Å²) in [7, 11) is 3.55. The fourth-order valence-corrected chi connectivity index (χ4v) is 4.27. The molecule has 0 bridgehead atoms. The number of likely N-dealkylation sites (N-methyl/N-ethyl adjacent to an activating group) is 1. The molecular weight excluding hydrogens is 493 g/mol. The molecule has 1 fully saturated rings. The van der Waals surface area contributed by atoms with E-state index in [0.717, 1.165) is 5.56 Å². The second kappa shape index (κ2) is 12.0. The number of aromatic hydroxyl groups is 1. The first-order valence-electron chi connectivity index (χ1n) is 12.2. The number of amides is 2. The van der Waals surface area contributed by atoms with Crippen LogP contribution in [-0.4, -0.2) is 70.0 Å². The van der Waals surface area contributed by atoms with Gasteiger partial charge in [0.05, 0.1) is 25.3 Å². The van der Waals surface area contributed by atoms with Gasteiger partial charge in [-0.2, -0.15) is 0 Å². The van der Waals surface area contributed by atoms with E-state index < -0.39 is 34.8 Å². The third-order valence-corrected chi connectivity index (χ3v) is 6.17. The molecule has 2 atom stereocenters. The van der Waals surface area contributed by atoms with Crippen LogP contribution in [0.15, 0.2) is 59.4 Å². The van der Waals surface area contributed by atoms with Crippen LogP contribution < -0.4 is 10.9 Å². The van der Waals surface area contributed by atoms with Crippen LogP contribution in [0.3, 0.4) is 0 Å². The zero-order chi connectivity index (χ0) is 27.2. The Morgan fingerprint density at radius 3 is 2.55 bits per heavy atom. The molecule has 0 unspecified atom stereocenters. The normalized spacial score (nSPS) is 17.1. The van der Waals surface area contributed by atoms with Crippen LogP contribution in [0.25, 0.3) is 0 Å². The zero-order valence-electron chi connectivity index (χ0n) is 21.2. The number of carbonyl (C=O) groups is 2. The van der Waals surface area contributed by atoms with Crippen molar-refractivity contribution in [2.75, 3.05) is 27.2 Å². The third-order valence-electron chi connectivity index (χ3n) is 6.17. The van der Waals surface area contributed by atoms with Crippen LogP contribution in [0.5, 0.6) is 5.75 Å². The number of H-pyrrole nitrogens is 1. The number of likely N-dealkylation sites (tertiary alicyclic amines) is 1. The Bertz CT molecular complexity index is 1330. The summed E-state index contributed by atoms with van der Waals surface area (Å²) in [4.78, 5) is 48.6. The van der Waals surface area contributed by atoms with Gasteiger partial charge in [0, 0.05) is 19.5 Å². The second-order valence-corrected chi connectivity index (χ2v) is 9.41. The molecule has 3 N–H and O–H groups in total. The van der Waals surface area contributed by atoms with E-state index in [4.69, 9.17) is 4.74 Å². The fourth-order valence-electron chi connectivity index (χ4n) is 4.27. The van der Waals surface area contributed by atoms with E-state index in [1.54, 1.807) is 23.9 Å². The van der Waals surface area contributed by atoms with Crippen molar-refractivity contribution in [1.82, 2.24) is 25.1 Å². The van der Waals surface area contributed by atoms with Crippen LogP contribution in [0.4, 0.5) is 4.39 Å². The minimum Gasteiger partial charge on any atom is -0.501 e. The molecule has 10 nitrogen and oxygen atoms in total. The van der Waals surface area contributed by atoms with E-state index in [1.807, 2.05) is 30.3 Å². The van der Waals surface area contributed by atoms with Crippen LogP contribution in [0, 0.1) is 5.82 Å². The monoisotopic (exact) mass is 523 g/mol. The second-order valence-electron chi connectivity index (χ2n) is 9.41. The van der Waals surface area contributed by atoms with E-state index in [0.29, 0.717) is 18.6 Å². The summed E-state index contributed by atoms with van der Waals surface area (Å²) in [6.07, 6.45) is 0.0114. The van der Waals surface area contributed by atoms with Crippen LogP contribution in [0.1, 0.15) is 39.9 Å². The van der Waals surface area contributed by atoms with Gasteiger partial charge in [0.2, 0.25) is 11.7 Å². The van der Waals surface area contributed by atoms with Gasteiger partial charge in [-0.1, -0.05) is 42.5 Å². The molecule has 4 rings (SSSR count). The van der Waals surface area contributed by atoms with E-state index in [9.17, 15) is 23.9 Å². The van der Waals surface area contributed by atoms with Crippen molar-refractivity contribution in [2.24, 2.45) is 0 Å². The summed E-state index contributed by atoms with van der Waals surface area (Å²) in [5, 5.41) is 12.9. The number of benzene rings is 2. The highest BCUT2D eigenvalue weighted by molar-refractivity contribution is 5.94. The maximum atomic E-state index is 13.2. The van der Waals surface area contributed by atoms with Crippen molar-refractivity contribution in [3.8, 4) is 5.75 Å². The van der Waals surface area contributed by atoms with Crippen LogP contribution >= 0.6 is 0 Å². The summed E-state index contributed by atoms with van der Waals surface area (Å²) < 4.78 is 19.2. The number of hydrogen-bond acceptors (Lipinski definition) is 7. The lowest BCUT2D eigenvalue weighted by molar-refractivity contribution is -0.133. The lowest BCUT2D eigenvalue weighted by Gasteiger charge is -2.25. The Morgan fingerprint density at radius 2 is 1.87 bits per heavy atom. The van der Waals surface area contributed by atoms with Gasteiger partial charge in [0.15, 0.2) is 5.69 Å². The topological polar surface area (TPSA) is 128 Å². The van der Waals surface area contributed by atoms with Gasteiger partial charge in [-0.3, -0.25) is 14.4 Å². The molecule has 1 aliphatic heterocycles. The Hall–Kier alpha value is -4.09. The Morgan fingerprint density at radius 1 is 1.16 bits per heavy atom. The molecule has 2 aromatic carbocycles. The van der Waals surface area contributed by atoms with E-state index >= 15 is 0 Å². The molecule has 3 aromatic rings. The Kier molecular flexibility index (Phi) is 8.49. The molecule has 38 heavy (non-hydrogen) atoms. The predicted molar refractivity (Wildman–Crippen MR) is 137 cm³/mol. The van der Waals surface area contributed by atoms with Gasteiger partial charge in [-0.25, -0.2) is 9.37 Å². The van der Waals surface area contributed by atoms with Gasteiger partial charge < -0.3 is 29.9 Å². The van der Waals surface area contributed by atoms with Gasteiger partial charge in [0.25, 0.3) is 11.5 Å². The number of rotatable bonds is 9. The van der Waals surface area contributed by atoms with Crippen molar-refractivity contribution >= 4 is 11.8 Å². The van der Waals surface area contributed by atoms with Crippen molar-refractivity contribution in [3.05, 3.63) is 93.4 Å². The minimum atomic E-state index is -0.893. The highest BCUT2D eigenvalue weighted by Gasteiger charge is 2.39. The Labute approximate surface area is 219 Å². The number of halogens is 1. The first-order chi connectivity index (χ1) is 18.2. The number of nitrogens with zero attached hydrogens (tertiary/aromatic N) is 3. The van der Waals surface area contributed by atoms with Gasteiger partial charge in [-0.15, -0.1) is 0 Å². The molecule has 1 aliphatic rings. The molecule has 2 amide bonds. The number of nitrogens with one attached hydrogen (secondary N) is 2. The fraction of sp³-hybridized carbons (Fsp3) is 0.333. The smallest absolute Gasteiger partial charge is 0.294 e. The van der Waals surface area contributed by atoms with Crippen molar-refractivity contribution in [1.29, 1.82) is 0 Å². The number of carbonyl (C=O) groups excluding carboxylic acids is 2. The molecule has 0 radical (unpaired) electrons. The van der Waals surface area contributed by atoms with Crippen LogP contribution in [0.2, 0.25) is 0 Å². The maximum Gasteiger partial charge on any atom is 0.294 e. The molecule has 0 spiro atoms. The standard InChI is InChI=1S/C27H30FN5O5/c1-32(2)15-22(34)33-14-20(38-16-18-6-4-3-5-7-18)12-21(33)25-30-23(24(35)27(37)31-25)26(36)29-13-17-8-10-19(28)11-9-17/h3-11,20-21,35H,12-16H2,1-2H3,(H,29,36)(H,30,31,37)/t20-,21+/m1/s1. The lowest BCUT2D eigenvalue weighted by Crippen LogP contribution is -2.39. The lowest BCUT2D eigenvalue weighted by atomic mass is 10.1. The summed E-state index contributed by atoms with van der Waals surface area (Å²) >= 11 is 0. The maximum absolute atomic E-state index is 13.2. The molecule has 1 aromatic heterocycles. The third kappa shape index (κ3) is 6.61. The molecule has 0 aliphatic carbocycles. The summed E-state index contributed by atoms with van der Waals surface area (Å²) in [5.41, 5.74) is 0.257. The summed E-state index contributed by atoms with van der Waals surface area (Å²) in [5.74, 6) is -2.12. The first kappa shape index (κ1) is 27.0. The zero-order valence-corrected chi connectivity index (χ0v) is 21.2. The Balaban J connectivity index is 1.55. The molecule has 2 heterocycles. The van der Waals surface area contributed by atoms with Gasteiger partial charge >= 0.3 is 0 Å². The number of aromatic amines is 1. The SMILES string of the molecule is CN(C)CC(=O)N1C[C@H](OCc2ccccc2)C[C@H]1c1nc(C(=O)NCc2ccc(F)cc2)c(O)c(=O)[nH]1. The first-order valence-corrected chi connectivity index (χ1v) is 12.2. The highest BCUT2D eigenvalue weighted by atomic mass is 19.1. The molecule has 200 valence electrons. The number of ether oxygens (including phenoxy) is 1. The predicted octanol–water partition coefficient (Wildman–Crippen LogP) is 1.96. The van der Waals surface area contributed by atoms with Crippen molar-refractivity contribution < 1.29 is 23.8 Å². The van der Waals surface area contributed by atoms with Gasteiger partial charge in [-0.05, 0) is 37.4 Å². The minimum absolute atomic E-state index is 0.0363. The average Bonchev–Trinajstić information content (AvgIpc) is 3.33. The molecule has 11 heteroatoms. The quantitative estimate of drug-likeness (QED) is 0.391. The molecular formula is C27H30FN5O5. The summed E-state index contributed by atoms with van der Waals surface area (Å²) in [6.45, 7) is 0.801. The van der Waals surface area contributed by atoms with Crippen molar-refractivity contribution in [3.63, 3.8) is 0 Å². The molecule has 1 saturated heterocycles. The van der Waals surface area contributed by atoms with Crippen LogP contribution in [-0.2, 0) is 22.7 Å². The van der Waals surface area contributed by atoms with Crippen molar-refractivity contribution in [2.45, 2.75) is 31.7 Å².